The Morgan fingerprint density at radius 3 is 2.68 bits per heavy atom. The van der Waals surface area contributed by atoms with Crippen molar-refractivity contribution in [1.82, 2.24) is 10.2 Å². The maximum absolute atomic E-state index is 12.2. The van der Waals surface area contributed by atoms with Gasteiger partial charge in [-0.2, -0.15) is 0 Å². The minimum Gasteiger partial charge on any atom is -0.481 e. The molecule has 124 valence electrons. The third kappa shape index (κ3) is 3.51. The van der Waals surface area contributed by atoms with Gasteiger partial charge in [0.25, 0.3) is 0 Å². The van der Waals surface area contributed by atoms with E-state index in [-0.39, 0.29) is 30.5 Å². The van der Waals surface area contributed by atoms with Crippen LogP contribution in [0.2, 0.25) is 0 Å². The Kier molecular flexibility index (Phi) is 4.93. The average molecular weight is 312 g/mol. The Morgan fingerprint density at radius 2 is 2.09 bits per heavy atom. The summed E-state index contributed by atoms with van der Waals surface area (Å²) in [6.07, 6.45) is 2.52. The number of aliphatic carboxylic acids is 1. The summed E-state index contributed by atoms with van der Waals surface area (Å²) in [6, 6.07) is -0.280. The fourth-order valence-electron chi connectivity index (χ4n) is 3.16. The Balaban J connectivity index is 1.82. The van der Waals surface area contributed by atoms with Crippen molar-refractivity contribution in [3.63, 3.8) is 0 Å². The summed E-state index contributed by atoms with van der Waals surface area (Å²) in [6.45, 7) is 4.48. The third-order valence-corrected chi connectivity index (χ3v) is 4.66. The van der Waals surface area contributed by atoms with E-state index in [0.717, 1.165) is 12.8 Å². The molecule has 0 aromatic rings. The molecule has 0 aromatic heterocycles. The third-order valence-electron chi connectivity index (χ3n) is 4.66. The molecule has 2 amide bonds. The topological polar surface area (TPSA) is 95.9 Å². The van der Waals surface area contributed by atoms with Gasteiger partial charge in [-0.25, -0.2) is 4.79 Å². The number of hydrogen-bond donors (Lipinski definition) is 2. The van der Waals surface area contributed by atoms with Crippen LogP contribution in [0.4, 0.5) is 4.79 Å². The van der Waals surface area contributed by atoms with Gasteiger partial charge in [-0.15, -0.1) is 0 Å². The lowest BCUT2D eigenvalue weighted by Gasteiger charge is -2.22. The first kappa shape index (κ1) is 16.6. The zero-order chi connectivity index (χ0) is 16.3. The first-order chi connectivity index (χ1) is 10.4. The van der Waals surface area contributed by atoms with Crippen molar-refractivity contribution in [2.75, 3.05) is 19.7 Å². The number of hydrogen-bond acceptors (Lipinski definition) is 4. The van der Waals surface area contributed by atoms with Crippen LogP contribution in [0.3, 0.4) is 0 Å². The lowest BCUT2D eigenvalue weighted by Crippen LogP contribution is -2.44. The molecule has 1 unspecified atom stereocenters. The van der Waals surface area contributed by atoms with E-state index in [2.05, 4.69) is 5.32 Å². The predicted molar refractivity (Wildman–Crippen MR) is 78.2 cm³/mol. The highest BCUT2D eigenvalue weighted by atomic mass is 16.5. The van der Waals surface area contributed by atoms with Gasteiger partial charge in [0.1, 0.15) is 0 Å². The number of rotatable bonds is 4. The molecule has 1 heterocycles. The smallest absolute Gasteiger partial charge is 0.317 e. The summed E-state index contributed by atoms with van der Waals surface area (Å²) in [4.78, 5) is 36.7. The lowest BCUT2D eigenvalue weighted by atomic mass is 9.90. The molecular weight excluding hydrogens is 288 g/mol. The van der Waals surface area contributed by atoms with Gasteiger partial charge < -0.3 is 20.1 Å². The second-order valence-corrected chi connectivity index (χ2v) is 6.45. The van der Waals surface area contributed by atoms with Crippen LogP contribution in [0, 0.1) is 11.3 Å². The summed E-state index contributed by atoms with van der Waals surface area (Å²) in [5.41, 5.74) is -0.861. The predicted octanol–water partition coefficient (Wildman–Crippen LogP) is 1.22. The van der Waals surface area contributed by atoms with Gasteiger partial charge in [-0.05, 0) is 39.5 Å². The number of carbonyl (C=O) groups excluding carboxylic acids is 2. The molecule has 2 aliphatic rings. The molecule has 0 radical (unpaired) electrons. The van der Waals surface area contributed by atoms with E-state index in [4.69, 9.17) is 4.74 Å². The molecule has 0 spiro atoms. The number of urea groups is 1. The Hall–Kier alpha value is -1.79. The van der Waals surface area contributed by atoms with E-state index in [0.29, 0.717) is 26.0 Å². The Bertz CT molecular complexity index is 467. The molecule has 7 nitrogen and oxygen atoms in total. The number of carbonyl (C=O) groups is 3. The number of carboxylic acid groups (broad SMARTS) is 1. The second kappa shape index (κ2) is 6.54. The van der Waals surface area contributed by atoms with Crippen LogP contribution < -0.4 is 5.32 Å². The summed E-state index contributed by atoms with van der Waals surface area (Å²) in [5, 5.41) is 12.1. The zero-order valence-corrected chi connectivity index (χ0v) is 13.1. The lowest BCUT2D eigenvalue weighted by molar-refractivity contribution is -0.148. The van der Waals surface area contributed by atoms with Crippen LogP contribution in [-0.2, 0) is 14.3 Å². The number of nitrogens with zero attached hydrogens (tertiary/aromatic N) is 1. The number of ether oxygens (including phenoxy) is 1. The molecule has 1 aliphatic heterocycles. The van der Waals surface area contributed by atoms with E-state index >= 15 is 0 Å². The SMILES string of the molecule is CCOC(=O)[C@@H]1CC[C@H](NC(=O)N2CCC(C)(C(=O)O)C2)C1. The normalized spacial score (nSPS) is 31.1. The van der Waals surface area contributed by atoms with Crippen molar-refractivity contribution >= 4 is 18.0 Å². The molecule has 2 rings (SSSR count). The standard InChI is InChI=1S/C15H24N2O5/c1-3-22-12(18)10-4-5-11(8-10)16-14(21)17-7-6-15(2,9-17)13(19)20/h10-11H,3-9H2,1-2H3,(H,16,21)(H,19,20)/t10-,11+,15?/m1/s1. The molecule has 1 saturated heterocycles. The summed E-state index contributed by atoms with van der Waals surface area (Å²) in [7, 11) is 0. The van der Waals surface area contributed by atoms with Crippen molar-refractivity contribution < 1.29 is 24.2 Å². The van der Waals surface area contributed by atoms with Crippen LogP contribution >= 0.6 is 0 Å². The van der Waals surface area contributed by atoms with E-state index in [1.807, 2.05) is 0 Å². The number of amides is 2. The van der Waals surface area contributed by atoms with E-state index in [1.165, 1.54) is 0 Å². The minimum atomic E-state index is -0.869. The van der Waals surface area contributed by atoms with Crippen LogP contribution in [-0.4, -0.2) is 53.7 Å². The van der Waals surface area contributed by atoms with Crippen molar-refractivity contribution in [3.8, 4) is 0 Å². The summed E-state index contributed by atoms with van der Waals surface area (Å²) < 4.78 is 5.01. The number of likely N-dealkylation sites (tertiary alicyclic amines) is 1. The number of nitrogens with one attached hydrogen (secondary N) is 1. The Morgan fingerprint density at radius 1 is 1.36 bits per heavy atom. The van der Waals surface area contributed by atoms with Gasteiger partial charge in [-0.3, -0.25) is 9.59 Å². The van der Waals surface area contributed by atoms with Crippen LogP contribution in [0.25, 0.3) is 0 Å². The number of carboxylic acids is 1. The molecule has 1 aliphatic carbocycles. The monoisotopic (exact) mass is 312 g/mol. The molecule has 3 atom stereocenters. The van der Waals surface area contributed by atoms with Crippen molar-refractivity contribution in [2.24, 2.45) is 11.3 Å². The van der Waals surface area contributed by atoms with Crippen LogP contribution in [0.5, 0.6) is 0 Å². The van der Waals surface area contributed by atoms with Gasteiger partial charge in [0.15, 0.2) is 0 Å². The highest BCUT2D eigenvalue weighted by molar-refractivity contribution is 5.80. The van der Waals surface area contributed by atoms with Gasteiger partial charge in [0.2, 0.25) is 0 Å². The molecule has 0 bridgehead atoms. The highest BCUT2D eigenvalue weighted by Crippen LogP contribution is 2.31. The molecule has 2 N–H and O–H groups in total. The maximum Gasteiger partial charge on any atom is 0.317 e. The van der Waals surface area contributed by atoms with Gasteiger partial charge in [0.05, 0.1) is 17.9 Å². The van der Waals surface area contributed by atoms with Gasteiger partial charge in [0, 0.05) is 19.1 Å². The zero-order valence-electron chi connectivity index (χ0n) is 13.1. The van der Waals surface area contributed by atoms with Crippen molar-refractivity contribution in [3.05, 3.63) is 0 Å². The fraction of sp³-hybridized carbons (Fsp3) is 0.800. The first-order valence-electron chi connectivity index (χ1n) is 7.81. The second-order valence-electron chi connectivity index (χ2n) is 6.45. The molecule has 0 aromatic carbocycles. The van der Waals surface area contributed by atoms with E-state index in [9.17, 15) is 19.5 Å². The highest BCUT2D eigenvalue weighted by Gasteiger charge is 2.42. The van der Waals surface area contributed by atoms with Crippen LogP contribution in [0.15, 0.2) is 0 Å². The fourth-order valence-corrected chi connectivity index (χ4v) is 3.16. The first-order valence-corrected chi connectivity index (χ1v) is 7.81. The van der Waals surface area contributed by atoms with Gasteiger partial charge >= 0.3 is 18.0 Å². The van der Waals surface area contributed by atoms with Crippen molar-refractivity contribution in [2.45, 2.75) is 45.6 Å². The Labute approximate surface area is 130 Å². The number of esters is 1. The van der Waals surface area contributed by atoms with Crippen molar-refractivity contribution in [1.29, 1.82) is 0 Å². The van der Waals surface area contributed by atoms with Gasteiger partial charge in [-0.1, -0.05) is 0 Å². The molecule has 22 heavy (non-hydrogen) atoms. The average Bonchev–Trinajstić information content (AvgIpc) is 3.07. The quantitative estimate of drug-likeness (QED) is 0.761. The van der Waals surface area contributed by atoms with Crippen LogP contribution in [0.1, 0.15) is 39.5 Å². The summed E-state index contributed by atoms with van der Waals surface area (Å²) in [5.74, 6) is -1.21. The van der Waals surface area contributed by atoms with E-state index in [1.54, 1.807) is 18.7 Å². The molecule has 1 saturated carbocycles. The summed E-state index contributed by atoms with van der Waals surface area (Å²) >= 11 is 0. The minimum absolute atomic E-state index is 0.0430. The maximum atomic E-state index is 12.2. The van der Waals surface area contributed by atoms with E-state index < -0.39 is 11.4 Å². The molecule has 2 fully saturated rings. The largest absolute Gasteiger partial charge is 0.481 e. The molecule has 7 heteroatoms. The molecular formula is C15H24N2O5.